The van der Waals surface area contributed by atoms with Crippen molar-refractivity contribution in [2.75, 3.05) is 5.32 Å². The predicted molar refractivity (Wildman–Crippen MR) is 81.9 cm³/mol. The van der Waals surface area contributed by atoms with Gasteiger partial charge in [-0.15, -0.1) is 0 Å². The minimum Gasteiger partial charge on any atom is -0.308 e. The Morgan fingerprint density at radius 3 is 2.33 bits per heavy atom. The molecule has 3 amide bonds. The molecule has 0 atom stereocenters. The number of urea groups is 1. The van der Waals surface area contributed by atoms with Gasteiger partial charge in [0.25, 0.3) is 5.91 Å². The second-order valence-electron chi connectivity index (χ2n) is 4.21. The zero-order valence-electron chi connectivity index (χ0n) is 11.0. The van der Waals surface area contributed by atoms with Gasteiger partial charge in [-0.05, 0) is 43.3 Å². The van der Waals surface area contributed by atoms with Gasteiger partial charge in [0, 0.05) is 16.4 Å². The van der Waals surface area contributed by atoms with E-state index in [-0.39, 0.29) is 10.7 Å². The number of aromatic nitrogens is 1. The number of anilines is 1. The summed E-state index contributed by atoms with van der Waals surface area (Å²) in [7, 11) is 0. The molecule has 0 spiro atoms. The zero-order chi connectivity index (χ0) is 15.4. The van der Waals surface area contributed by atoms with Crippen molar-refractivity contribution < 1.29 is 9.59 Å². The summed E-state index contributed by atoms with van der Waals surface area (Å²) in [6.07, 6.45) is 0. The van der Waals surface area contributed by atoms with Gasteiger partial charge in [-0.25, -0.2) is 9.78 Å². The Kier molecular flexibility index (Phi) is 4.77. The minimum atomic E-state index is -0.668. The topological polar surface area (TPSA) is 71.1 Å². The number of carbonyl (C=O) groups excluding carboxylic acids is 2. The summed E-state index contributed by atoms with van der Waals surface area (Å²) in [6.45, 7) is 1.75. The van der Waals surface area contributed by atoms with Crippen LogP contribution in [-0.4, -0.2) is 16.9 Å². The lowest BCUT2D eigenvalue weighted by atomic mass is 10.2. The number of hydrogen-bond acceptors (Lipinski definition) is 3. The molecule has 0 saturated carbocycles. The van der Waals surface area contributed by atoms with Crippen LogP contribution in [0.1, 0.15) is 16.1 Å². The fourth-order valence-corrected chi connectivity index (χ4v) is 1.97. The van der Waals surface area contributed by atoms with Gasteiger partial charge in [-0.3, -0.25) is 10.1 Å². The summed E-state index contributed by atoms with van der Waals surface area (Å²) >= 11 is 11.6. The average molecular weight is 324 g/mol. The molecule has 21 heavy (non-hydrogen) atoms. The van der Waals surface area contributed by atoms with Gasteiger partial charge in [0.1, 0.15) is 5.15 Å². The smallest absolute Gasteiger partial charge is 0.308 e. The molecule has 0 aliphatic carbocycles. The maximum Gasteiger partial charge on any atom is 0.326 e. The molecular weight excluding hydrogens is 313 g/mol. The number of nitrogens with one attached hydrogen (secondary N) is 2. The van der Waals surface area contributed by atoms with Crippen molar-refractivity contribution in [3.8, 4) is 0 Å². The highest BCUT2D eigenvalue weighted by atomic mass is 35.5. The monoisotopic (exact) mass is 323 g/mol. The standard InChI is InChI=1S/C14H11Cl2N3O2/c1-8-2-7-11(12(16)17-8)13(20)19-14(21)18-10-5-3-9(15)4-6-10/h2-7H,1H3,(H2,18,19,20,21). The number of rotatable bonds is 2. The molecule has 5 nitrogen and oxygen atoms in total. The molecule has 7 heteroatoms. The summed E-state index contributed by atoms with van der Waals surface area (Å²) in [4.78, 5) is 27.6. The highest BCUT2D eigenvalue weighted by molar-refractivity contribution is 6.33. The highest BCUT2D eigenvalue weighted by Gasteiger charge is 2.14. The lowest BCUT2D eigenvalue weighted by molar-refractivity contribution is 0.0967. The van der Waals surface area contributed by atoms with Crippen molar-refractivity contribution in [3.05, 3.63) is 57.8 Å². The first-order valence-electron chi connectivity index (χ1n) is 5.97. The summed E-state index contributed by atoms with van der Waals surface area (Å²) in [5, 5.41) is 5.28. The number of aryl methyl sites for hydroxylation is 1. The summed E-state index contributed by atoms with van der Waals surface area (Å²) < 4.78 is 0. The van der Waals surface area contributed by atoms with Gasteiger partial charge in [-0.2, -0.15) is 0 Å². The van der Waals surface area contributed by atoms with Gasteiger partial charge < -0.3 is 5.32 Å². The SMILES string of the molecule is Cc1ccc(C(=O)NC(=O)Nc2ccc(Cl)cc2)c(Cl)n1. The third kappa shape index (κ3) is 4.18. The molecule has 0 unspecified atom stereocenters. The Morgan fingerprint density at radius 2 is 1.71 bits per heavy atom. The van der Waals surface area contributed by atoms with Crippen LogP contribution in [-0.2, 0) is 0 Å². The van der Waals surface area contributed by atoms with Crippen LogP contribution in [0.15, 0.2) is 36.4 Å². The first-order valence-corrected chi connectivity index (χ1v) is 6.72. The van der Waals surface area contributed by atoms with Crippen molar-refractivity contribution in [1.29, 1.82) is 0 Å². The molecule has 0 radical (unpaired) electrons. The number of benzene rings is 1. The second kappa shape index (κ2) is 6.56. The average Bonchev–Trinajstić information content (AvgIpc) is 2.41. The number of imide groups is 1. The van der Waals surface area contributed by atoms with Crippen LogP contribution in [0.4, 0.5) is 10.5 Å². The Balaban J connectivity index is 2.02. The molecule has 1 heterocycles. The molecule has 1 aromatic carbocycles. The molecule has 1 aromatic heterocycles. The molecule has 2 aromatic rings. The van der Waals surface area contributed by atoms with Gasteiger partial charge in [0.2, 0.25) is 0 Å². The van der Waals surface area contributed by atoms with Crippen LogP contribution in [0.25, 0.3) is 0 Å². The molecular formula is C14H11Cl2N3O2. The van der Waals surface area contributed by atoms with E-state index in [1.807, 2.05) is 0 Å². The van der Waals surface area contributed by atoms with E-state index >= 15 is 0 Å². The number of carbonyl (C=O) groups is 2. The fraction of sp³-hybridized carbons (Fsp3) is 0.0714. The third-order valence-electron chi connectivity index (χ3n) is 2.56. The lowest BCUT2D eigenvalue weighted by Gasteiger charge is -2.07. The highest BCUT2D eigenvalue weighted by Crippen LogP contribution is 2.15. The minimum absolute atomic E-state index is 0.0480. The first-order chi connectivity index (χ1) is 9.95. The maximum absolute atomic E-state index is 11.9. The van der Waals surface area contributed by atoms with E-state index in [9.17, 15) is 9.59 Å². The Labute approximate surface area is 131 Å². The summed E-state index contributed by atoms with van der Waals surface area (Å²) in [6, 6.07) is 8.96. The van der Waals surface area contributed by atoms with E-state index in [4.69, 9.17) is 23.2 Å². The van der Waals surface area contributed by atoms with E-state index in [0.29, 0.717) is 16.4 Å². The molecule has 2 rings (SSSR count). The molecule has 0 aliphatic heterocycles. The lowest BCUT2D eigenvalue weighted by Crippen LogP contribution is -2.34. The molecule has 0 bridgehead atoms. The largest absolute Gasteiger partial charge is 0.326 e. The van der Waals surface area contributed by atoms with Crippen LogP contribution >= 0.6 is 23.2 Å². The van der Waals surface area contributed by atoms with Crippen molar-refractivity contribution in [2.24, 2.45) is 0 Å². The van der Waals surface area contributed by atoms with E-state index in [2.05, 4.69) is 15.6 Å². The van der Waals surface area contributed by atoms with Gasteiger partial charge in [0.05, 0.1) is 5.56 Å². The first kappa shape index (κ1) is 15.3. The van der Waals surface area contributed by atoms with Gasteiger partial charge in [-0.1, -0.05) is 23.2 Å². The van der Waals surface area contributed by atoms with Crippen molar-refractivity contribution in [2.45, 2.75) is 6.92 Å². The fourth-order valence-electron chi connectivity index (χ4n) is 1.56. The normalized spacial score (nSPS) is 10.0. The Hall–Kier alpha value is -2.11. The zero-order valence-corrected chi connectivity index (χ0v) is 12.5. The molecule has 2 N–H and O–H groups in total. The number of pyridine rings is 1. The van der Waals surface area contributed by atoms with E-state index in [0.717, 1.165) is 0 Å². The van der Waals surface area contributed by atoms with E-state index < -0.39 is 11.9 Å². The van der Waals surface area contributed by atoms with Crippen LogP contribution in [0.3, 0.4) is 0 Å². The predicted octanol–water partition coefficient (Wildman–Crippen LogP) is 3.66. The third-order valence-corrected chi connectivity index (χ3v) is 3.10. The van der Waals surface area contributed by atoms with Crippen LogP contribution in [0.5, 0.6) is 0 Å². The molecule has 0 fully saturated rings. The van der Waals surface area contributed by atoms with Crippen molar-refractivity contribution in [3.63, 3.8) is 0 Å². The van der Waals surface area contributed by atoms with Crippen LogP contribution < -0.4 is 10.6 Å². The second-order valence-corrected chi connectivity index (χ2v) is 5.00. The van der Waals surface area contributed by atoms with E-state index in [1.165, 1.54) is 6.07 Å². The molecule has 108 valence electrons. The van der Waals surface area contributed by atoms with Crippen molar-refractivity contribution in [1.82, 2.24) is 10.3 Å². The quantitative estimate of drug-likeness (QED) is 0.828. The van der Waals surface area contributed by atoms with Crippen molar-refractivity contribution >= 4 is 40.8 Å². The Morgan fingerprint density at radius 1 is 1.05 bits per heavy atom. The van der Waals surface area contributed by atoms with Gasteiger partial charge >= 0.3 is 6.03 Å². The number of nitrogens with zero attached hydrogens (tertiary/aromatic N) is 1. The Bertz CT molecular complexity index is 687. The maximum atomic E-state index is 11.9. The van der Waals surface area contributed by atoms with Crippen LogP contribution in [0.2, 0.25) is 10.2 Å². The molecule has 0 saturated heterocycles. The summed E-state index contributed by atoms with van der Waals surface area (Å²) in [5.74, 6) is -0.626. The number of halogens is 2. The number of amides is 3. The van der Waals surface area contributed by atoms with E-state index in [1.54, 1.807) is 37.3 Å². The number of hydrogen-bond donors (Lipinski definition) is 2. The molecule has 0 aliphatic rings. The van der Waals surface area contributed by atoms with Crippen LogP contribution in [0, 0.1) is 6.92 Å². The summed E-state index contributed by atoms with van der Waals surface area (Å²) in [5.41, 5.74) is 1.33. The van der Waals surface area contributed by atoms with Gasteiger partial charge in [0.15, 0.2) is 0 Å².